The van der Waals surface area contributed by atoms with Crippen molar-refractivity contribution < 1.29 is 18.3 Å². The maximum Gasteiger partial charge on any atom is 0.452 e. The fourth-order valence-corrected chi connectivity index (χ4v) is 3.55. The molecule has 4 aromatic rings. The molecule has 2 aromatic carbocycles. The second-order valence-electron chi connectivity index (χ2n) is 5.46. The van der Waals surface area contributed by atoms with Crippen LogP contribution in [0.2, 0.25) is 0 Å². The van der Waals surface area contributed by atoms with E-state index in [0.29, 0.717) is 5.56 Å². The summed E-state index contributed by atoms with van der Waals surface area (Å²) in [6.45, 7) is -0.339. The predicted molar refractivity (Wildman–Crippen MR) is 89.8 cm³/mol. The highest BCUT2D eigenvalue weighted by Gasteiger charge is 2.38. The van der Waals surface area contributed by atoms with Crippen molar-refractivity contribution in [3.63, 3.8) is 0 Å². The Bertz CT molecular complexity index is 1100. The summed E-state index contributed by atoms with van der Waals surface area (Å²) < 4.78 is 41.2. The van der Waals surface area contributed by atoms with Crippen LogP contribution in [0, 0.1) is 0 Å². The van der Waals surface area contributed by atoms with E-state index in [9.17, 15) is 18.3 Å². The van der Waals surface area contributed by atoms with Crippen molar-refractivity contribution in [3.8, 4) is 0 Å². The average molecular weight is 376 g/mol. The van der Waals surface area contributed by atoms with Crippen LogP contribution in [-0.4, -0.2) is 24.7 Å². The van der Waals surface area contributed by atoms with Crippen LogP contribution >= 0.6 is 11.8 Å². The first-order valence-electron chi connectivity index (χ1n) is 7.56. The van der Waals surface area contributed by atoms with E-state index in [4.69, 9.17) is 0 Å². The second-order valence-corrected chi connectivity index (χ2v) is 6.52. The minimum absolute atomic E-state index is 0.0220. The summed E-state index contributed by atoms with van der Waals surface area (Å²) in [7, 11) is 0. The van der Waals surface area contributed by atoms with Crippen molar-refractivity contribution in [1.29, 1.82) is 0 Å². The number of aliphatic hydroxyl groups is 1. The van der Waals surface area contributed by atoms with E-state index < -0.39 is 12.0 Å². The number of fused-ring (bicyclic) bond motifs is 3. The van der Waals surface area contributed by atoms with Crippen molar-refractivity contribution in [2.24, 2.45) is 0 Å². The lowest BCUT2D eigenvalue weighted by Crippen LogP contribution is -2.12. The largest absolute Gasteiger partial charge is 0.452 e. The van der Waals surface area contributed by atoms with Gasteiger partial charge in [0.1, 0.15) is 5.03 Å². The summed E-state index contributed by atoms with van der Waals surface area (Å²) in [5, 5.41) is 16.9. The van der Waals surface area contributed by atoms with Crippen LogP contribution in [0.4, 0.5) is 13.2 Å². The maximum atomic E-state index is 13.4. The van der Waals surface area contributed by atoms with E-state index in [0.717, 1.165) is 9.30 Å². The van der Waals surface area contributed by atoms with Gasteiger partial charge in [0.15, 0.2) is 5.65 Å². The zero-order valence-electron chi connectivity index (χ0n) is 13.1. The van der Waals surface area contributed by atoms with Gasteiger partial charge >= 0.3 is 6.18 Å². The van der Waals surface area contributed by atoms with Crippen molar-refractivity contribution in [2.45, 2.75) is 22.7 Å². The van der Waals surface area contributed by atoms with E-state index in [2.05, 4.69) is 15.2 Å². The molecule has 0 atom stereocenters. The fraction of sp³-hybridized carbons (Fsp3) is 0.118. The molecule has 9 heteroatoms. The molecule has 0 fully saturated rings. The third kappa shape index (κ3) is 2.78. The normalized spacial score (nSPS) is 12.2. The van der Waals surface area contributed by atoms with Gasteiger partial charge in [0, 0.05) is 10.5 Å². The number of hydrogen-bond acceptors (Lipinski definition) is 5. The number of alkyl halides is 3. The Kier molecular flexibility index (Phi) is 4.04. The Balaban J connectivity index is 2.06. The molecule has 0 aliphatic heterocycles. The predicted octanol–water partition coefficient (Wildman–Crippen LogP) is 3.94. The zero-order chi connectivity index (χ0) is 18.3. The molecule has 0 saturated heterocycles. The monoisotopic (exact) mass is 376 g/mol. The summed E-state index contributed by atoms with van der Waals surface area (Å²) in [6, 6.07) is 13.8. The number of rotatable bonds is 3. The molecule has 0 amide bonds. The summed E-state index contributed by atoms with van der Waals surface area (Å²) in [6.07, 6.45) is -4.67. The number of benzene rings is 2. The van der Waals surface area contributed by atoms with Gasteiger partial charge in [0.2, 0.25) is 5.82 Å². The first kappa shape index (κ1) is 16.8. The van der Waals surface area contributed by atoms with Gasteiger partial charge in [0.05, 0.1) is 17.6 Å². The zero-order valence-corrected chi connectivity index (χ0v) is 13.9. The second kappa shape index (κ2) is 6.26. The van der Waals surface area contributed by atoms with E-state index in [-0.39, 0.29) is 28.3 Å². The van der Waals surface area contributed by atoms with Gasteiger partial charge in [0.25, 0.3) is 0 Å². The topological polar surface area (TPSA) is 63.3 Å². The van der Waals surface area contributed by atoms with Crippen LogP contribution < -0.4 is 0 Å². The van der Waals surface area contributed by atoms with Gasteiger partial charge in [-0.3, -0.25) is 4.40 Å². The molecule has 1 N–H and O–H groups in total. The summed E-state index contributed by atoms with van der Waals surface area (Å²) in [4.78, 5) is 5.28. The summed E-state index contributed by atoms with van der Waals surface area (Å²) in [5.74, 6) is -1.12. The third-order valence-electron chi connectivity index (χ3n) is 3.79. The lowest BCUT2D eigenvalue weighted by atomic mass is 10.2. The first-order chi connectivity index (χ1) is 12.5. The van der Waals surface area contributed by atoms with E-state index >= 15 is 0 Å². The van der Waals surface area contributed by atoms with Crippen molar-refractivity contribution >= 4 is 28.4 Å². The fourth-order valence-electron chi connectivity index (χ4n) is 2.67. The Labute approximate surface area is 149 Å². The van der Waals surface area contributed by atoms with Crippen LogP contribution in [0.1, 0.15) is 11.4 Å². The lowest BCUT2D eigenvalue weighted by Gasteiger charge is -2.11. The standard InChI is InChI=1S/C17H11F3N4OS/c18-17(19,20)16-23-22-14-15(26-11-6-2-1-3-7-11)21-13-10(9-25)5-4-8-12(13)24(14)16/h1-8,25H,9H2. The number of para-hydroxylation sites is 1. The molecule has 5 nitrogen and oxygen atoms in total. The van der Waals surface area contributed by atoms with Crippen LogP contribution in [0.5, 0.6) is 0 Å². The molecule has 0 unspecified atom stereocenters. The van der Waals surface area contributed by atoms with Crippen LogP contribution in [0.25, 0.3) is 16.7 Å². The van der Waals surface area contributed by atoms with Gasteiger partial charge in [-0.1, -0.05) is 42.1 Å². The SMILES string of the molecule is OCc1cccc2c1nc(Sc1ccccc1)c1nnc(C(F)(F)F)n12. The van der Waals surface area contributed by atoms with Crippen molar-refractivity contribution in [2.75, 3.05) is 0 Å². The number of aliphatic hydroxyl groups excluding tert-OH is 1. The Hall–Kier alpha value is -2.65. The molecule has 0 bridgehead atoms. The minimum Gasteiger partial charge on any atom is -0.392 e. The molecular weight excluding hydrogens is 365 g/mol. The quantitative estimate of drug-likeness (QED) is 0.587. The van der Waals surface area contributed by atoms with Gasteiger partial charge < -0.3 is 5.11 Å². The van der Waals surface area contributed by atoms with Gasteiger partial charge in [-0.25, -0.2) is 4.98 Å². The van der Waals surface area contributed by atoms with Crippen molar-refractivity contribution in [1.82, 2.24) is 19.6 Å². The average Bonchev–Trinajstić information content (AvgIpc) is 3.08. The highest BCUT2D eigenvalue weighted by Crippen LogP contribution is 2.35. The number of aromatic nitrogens is 4. The smallest absolute Gasteiger partial charge is 0.392 e. The van der Waals surface area contributed by atoms with Crippen LogP contribution in [0.15, 0.2) is 58.5 Å². The highest BCUT2D eigenvalue weighted by atomic mass is 32.2. The molecule has 2 aromatic heterocycles. The molecule has 0 radical (unpaired) electrons. The Morgan fingerprint density at radius 1 is 1.00 bits per heavy atom. The summed E-state index contributed by atoms with van der Waals surface area (Å²) in [5.41, 5.74) is 0.933. The molecule has 4 rings (SSSR count). The molecule has 0 spiro atoms. The number of hydrogen-bond donors (Lipinski definition) is 1. The molecule has 0 aliphatic carbocycles. The molecule has 0 aliphatic rings. The minimum atomic E-state index is -4.67. The Morgan fingerprint density at radius 3 is 2.46 bits per heavy atom. The maximum absolute atomic E-state index is 13.4. The third-order valence-corrected chi connectivity index (χ3v) is 4.76. The molecule has 132 valence electrons. The van der Waals surface area contributed by atoms with E-state index in [1.165, 1.54) is 17.8 Å². The molecule has 0 saturated carbocycles. The van der Waals surface area contributed by atoms with Crippen LogP contribution in [-0.2, 0) is 12.8 Å². The number of halogens is 3. The van der Waals surface area contributed by atoms with E-state index in [1.807, 2.05) is 30.3 Å². The van der Waals surface area contributed by atoms with Crippen molar-refractivity contribution in [3.05, 3.63) is 59.9 Å². The Morgan fingerprint density at radius 2 is 1.77 bits per heavy atom. The lowest BCUT2D eigenvalue weighted by molar-refractivity contribution is -0.145. The summed E-state index contributed by atoms with van der Waals surface area (Å²) >= 11 is 1.19. The van der Waals surface area contributed by atoms with Gasteiger partial charge in [-0.05, 0) is 18.2 Å². The number of nitrogens with zero attached hydrogens (tertiary/aromatic N) is 4. The molecular formula is C17H11F3N4OS. The highest BCUT2D eigenvalue weighted by molar-refractivity contribution is 7.99. The van der Waals surface area contributed by atoms with E-state index in [1.54, 1.807) is 12.1 Å². The first-order valence-corrected chi connectivity index (χ1v) is 8.38. The van der Waals surface area contributed by atoms with Gasteiger partial charge in [-0.15, -0.1) is 10.2 Å². The van der Waals surface area contributed by atoms with Crippen LogP contribution in [0.3, 0.4) is 0 Å². The molecule has 26 heavy (non-hydrogen) atoms. The molecule has 2 heterocycles. The van der Waals surface area contributed by atoms with Gasteiger partial charge in [-0.2, -0.15) is 13.2 Å².